The molecular formula is C19H18ClNO3. The maximum atomic E-state index is 12.2. The van der Waals surface area contributed by atoms with Gasteiger partial charge in [-0.1, -0.05) is 48.5 Å². The van der Waals surface area contributed by atoms with Crippen molar-refractivity contribution in [2.45, 2.75) is 18.9 Å². The van der Waals surface area contributed by atoms with Crippen LogP contribution in [0.1, 0.15) is 24.0 Å². The maximum absolute atomic E-state index is 12.2. The molecule has 1 atom stereocenters. The molecule has 0 radical (unpaired) electrons. The molecule has 0 saturated heterocycles. The van der Waals surface area contributed by atoms with Gasteiger partial charge in [0.15, 0.2) is 0 Å². The van der Waals surface area contributed by atoms with E-state index in [0.717, 1.165) is 11.1 Å². The van der Waals surface area contributed by atoms with Crippen LogP contribution < -0.4 is 0 Å². The highest BCUT2D eigenvalue weighted by Gasteiger charge is 2.30. The molecule has 1 amide bonds. The molecule has 0 N–H and O–H groups in total. The summed E-state index contributed by atoms with van der Waals surface area (Å²) in [5, 5.41) is -0.592. The molecule has 1 aliphatic rings. The van der Waals surface area contributed by atoms with Crippen LogP contribution in [0, 0.1) is 0 Å². The van der Waals surface area contributed by atoms with Gasteiger partial charge < -0.3 is 9.64 Å². The Balaban J connectivity index is 1.79. The summed E-state index contributed by atoms with van der Waals surface area (Å²) in [5.74, 6) is -0.00300. The monoisotopic (exact) mass is 343 g/mol. The molecule has 2 aromatic carbocycles. The normalized spacial score (nSPS) is 13.8. The third kappa shape index (κ3) is 2.89. The fourth-order valence-corrected chi connectivity index (χ4v) is 3.15. The van der Waals surface area contributed by atoms with Crippen molar-refractivity contribution in [2.24, 2.45) is 0 Å². The summed E-state index contributed by atoms with van der Waals surface area (Å²) in [6, 6.07) is 15.5. The van der Waals surface area contributed by atoms with Crippen LogP contribution in [-0.2, 0) is 9.53 Å². The van der Waals surface area contributed by atoms with Crippen LogP contribution in [0.4, 0.5) is 4.79 Å². The molecule has 0 spiro atoms. The molecule has 1 aliphatic carbocycles. The predicted molar refractivity (Wildman–Crippen MR) is 93.2 cm³/mol. The third-order valence-electron chi connectivity index (χ3n) is 4.53. The van der Waals surface area contributed by atoms with Crippen LogP contribution in [0.5, 0.6) is 0 Å². The standard InChI is InChI=1S/C19H18ClNO3/c1-12(18(20)22)21(2)19(23)24-11-17-15-9-5-3-7-13(15)14-8-4-6-10-16(14)17/h3-10,12,17H,11H2,1-2H3/t12-/m1/s1. The first-order valence-corrected chi connectivity index (χ1v) is 8.15. The molecule has 0 bridgehead atoms. The summed E-state index contributed by atoms with van der Waals surface area (Å²) >= 11 is 5.44. The minimum absolute atomic E-state index is 0.00300. The molecule has 3 rings (SSSR count). The Bertz CT molecular complexity index is 744. The Morgan fingerprint density at radius 1 is 1.08 bits per heavy atom. The van der Waals surface area contributed by atoms with E-state index in [0.29, 0.717) is 0 Å². The lowest BCUT2D eigenvalue weighted by Gasteiger charge is -2.22. The number of ether oxygens (including phenoxy) is 1. The van der Waals surface area contributed by atoms with Gasteiger partial charge in [0.05, 0.1) is 0 Å². The van der Waals surface area contributed by atoms with E-state index >= 15 is 0 Å². The summed E-state index contributed by atoms with van der Waals surface area (Å²) in [6.45, 7) is 1.79. The van der Waals surface area contributed by atoms with Crippen LogP contribution in [0.25, 0.3) is 11.1 Å². The van der Waals surface area contributed by atoms with Gasteiger partial charge in [0.1, 0.15) is 12.6 Å². The van der Waals surface area contributed by atoms with Gasteiger partial charge in [-0.2, -0.15) is 0 Å². The molecule has 24 heavy (non-hydrogen) atoms. The number of rotatable bonds is 4. The zero-order valence-electron chi connectivity index (χ0n) is 13.5. The Morgan fingerprint density at radius 3 is 2.08 bits per heavy atom. The van der Waals surface area contributed by atoms with Gasteiger partial charge in [0.2, 0.25) is 5.24 Å². The van der Waals surface area contributed by atoms with E-state index in [1.54, 1.807) is 6.92 Å². The van der Waals surface area contributed by atoms with Crippen molar-refractivity contribution in [3.05, 3.63) is 59.7 Å². The van der Waals surface area contributed by atoms with E-state index in [2.05, 4.69) is 24.3 Å². The van der Waals surface area contributed by atoms with Crippen LogP contribution in [-0.4, -0.2) is 35.9 Å². The molecule has 0 unspecified atom stereocenters. The molecule has 0 fully saturated rings. The summed E-state index contributed by atoms with van der Waals surface area (Å²) < 4.78 is 5.45. The van der Waals surface area contributed by atoms with Crippen molar-refractivity contribution in [2.75, 3.05) is 13.7 Å². The van der Waals surface area contributed by atoms with Crippen molar-refractivity contribution in [3.8, 4) is 11.1 Å². The first kappa shape index (κ1) is 16.5. The Hall–Kier alpha value is -2.33. The fraction of sp³-hybridized carbons (Fsp3) is 0.263. The molecule has 2 aromatic rings. The summed E-state index contributed by atoms with van der Waals surface area (Å²) in [6.07, 6.45) is -0.557. The van der Waals surface area contributed by atoms with E-state index in [1.807, 2.05) is 24.3 Å². The number of benzene rings is 2. The quantitative estimate of drug-likeness (QED) is 0.788. The number of nitrogens with zero attached hydrogens (tertiary/aromatic N) is 1. The Kier molecular flexibility index (Phi) is 4.58. The Labute approximate surface area is 146 Å². The molecular weight excluding hydrogens is 326 g/mol. The SMILES string of the molecule is C[C@H](C(=O)Cl)N(C)C(=O)OCC1c2ccccc2-c2ccccc21. The Morgan fingerprint density at radius 2 is 1.58 bits per heavy atom. The zero-order valence-corrected chi connectivity index (χ0v) is 14.3. The number of hydrogen-bond acceptors (Lipinski definition) is 3. The second-order valence-corrected chi connectivity index (χ2v) is 6.27. The molecule has 124 valence electrons. The third-order valence-corrected chi connectivity index (χ3v) is 4.85. The highest BCUT2D eigenvalue weighted by molar-refractivity contribution is 6.64. The lowest BCUT2D eigenvalue weighted by Crippen LogP contribution is -2.39. The predicted octanol–water partition coefficient (Wildman–Crippen LogP) is 4.02. The first-order chi connectivity index (χ1) is 11.5. The molecule has 5 heteroatoms. The lowest BCUT2D eigenvalue weighted by atomic mass is 9.98. The van der Waals surface area contributed by atoms with Gasteiger partial charge >= 0.3 is 6.09 Å². The smallest absolute Gasteiger partial charge is 0.410 e. The van der Waals surface area contributed by atoms with E-state index in [1.165, 1.54) is 23.1 Å². The van der Waals surface area contributed by atoms with Crippen LogP contribution in [0.3, 0.4) is 0 Å². The topological polar surface area (TPSA) is 46.6 Å². The zero-order chi connectivity index (χ0) is 17.3. The maximum Gasteiger partial charge on any atom is 0.410 e. The minimum atomic E-state index is -0.720. The van der Waals surface area contributed by atoms with E-state index in [-0.39, 0.29) is 12.5 Å². The van der Waals surface area contributed by atoms with Gasteiger partial charge in [-0.05, 0) is 40.8 Å². The number of carbonyl (C=O) groups excluding carboxylic acids is 2. The second-order valence-electron chi connectivity index (χ2n) is 5.89. The van der Waals surface area contributed by atoms with E-state index < -0.39 is 17.4 Å². The van der Waals surface area contributed by atoms with Gasteiger partial charge in [-0.25, -0.2) is 4.79 Å². The van der Waals surface area contributed by atoms with Gasteiger partial charge in [-0.3, -0.25) is 4.79 Å². The largest absolute Gasteiger partial charge is 0.448 e. The van der Waals surface area contributed by atoms with Crippen molar-refractivity contribution in [3.63, 3.8) is 0 Å². The van der Waals surface area contributed by atoms with Gasteiger partial charge in [0.25, 0.3) is 0 Å². The fourth-order valence-electron chi connectivity index (χ4n) is 3.01. The highest BCUT2D eigenvalue weighted by atomic mass is 35.5. The summed E-state index contributed by atoms with van der Waals surface area (Å²) in [7, 11) is 1.50. The first-order valence-electron chi connectivity index (χ1n) is 7.78. The number of likely N-dealkylation sites (N-methyl/N-ethyl adjacent to an activating group) is 1. The van der Waals surface area contributed by atoms with Crippen molar-refractivity contribution < 1.29 is 14.3 Å². The summed E-state index contributed by atoms with van der Waals surface area (Å²) in [5.41, 5.74) is 4.64. The minimum Gasteiger partial charge on any atom is -0.448 e. The summed E-state index contributed by atoms with van der Waals surface area (Å²) in [4.78, 5) is 24.6. The number of halogens is 1. The average Bonchev–Trinajstić information content (AvgIpc) is 2.92. The number of amides is 1. The second kappa shape index (κ2) is 6.65. The van der Waals surface area contributed by atoms with Gasteiger partial charge in [-0.15, -0.1) is 0 Å². The average molecular weight is 344 g/mol. The number of carbonyl (C=O) groups is 2. The molecule has 0 aromatic heterocycles. The van der Waals surface area contributed by atoms with Crippen molar-refractivity contribution in [1.29, 1.82) is 0 Å². The van der Waals surface area contributed by atoms with Crippen LogP contribution in [0.15, 0.2) is 48.5 Å². The number of hydrogen-bond donors (Lipinski definition) is 0. The van der Waals surface area contributed by atoms with E-state index in [9.17, 15) is 9.59 Å². The van der Waals surface area contributed by atoms with Crippen molar-refractivity contribution in [1.82, 2.24) is 4.90 Å². The molecule has 0 heterocycles. The molecule has 0 saturated carbocycles. The van der Waals surface area contributed by atoms with E-state index in [4.69, 9.17) is 16.3 Å². The van der Waals surface area contributed by atoms with Gasteiger partial charge in [0, 0.05) is 13.0 Å². The number of fused-ring (bicyclic) bond motifs is 3. The molecule has 4 nitrogen and oxygen atoms in total. The molecule has 0 aliphatic heterocycles. The lowest BCUT2D eigenvalue weighted by molar-refractivity contribution is -0.115. The van der Waals surface area contributed by atoms with Crippen LogP contribution >= 0.6 is 11.6 Å². The highest BCUT2D eigenvalue weighted by Crippen LogP contribution is 2.44. The van der Waals surface area contributed by atoms with Crippen LogP contribution in [0.2, 0.25) is 0 Å². The van der Waals surface area contributed by atoms with Crippen molar-refractivity contribution >= 4 is 22.9 Å².